The summed E-state index contributed by atoms with van der Waals surface area (Å²) in [6.07, 6.45) is 2.23. The molecule has 5 nitrogen and oxygen atoms in total. The lowest BCUT2D eigenvalue weighted by atomic mass is 10.0. The number of aromatic nitrogens is 1. The fourth-order valence-electron chi connectivity index (χ4n) is 2.08. The predicted octanol–water partition coefficient (Wildman–Crippen LogP) is 3.41. The minimum absolute atomic E-state index is 0.218. The number of anilines is 1. The Labute approximate surface area is 126 Å². The molecule has 0 spiro atoms. The normalized spacial score (nSPS) is 10.2. The summed E-state index contributed by atoms with van der Waals surface area (Å²) in [5.41, 5.74) is 1.06. The van der Waals surface area contributed by atoms with E-state index in [-0.39, 0.29) is 11.7 Å². The molecule has 0 unspecified atom stereocenters. The van der Waals surface area contributed by atoms with Gasteiger partial charge in [-0.15, -0.1) is 0 Å². The SMILES string of the molecule is O=Cc1ccc(-c2ccccc2C(=O)Nc2ccccn2)o1. The predicted molar refractivity (Wildman–Crippen MR) is 81.7 cm³/mol. The highest BCUT2D eigenvalue weighted by atomic mass is 16.3. The lowest BCUT2D eigenvalue weighted by molar-refractivity contribution is 0.102. The first-order valence-corrected chi connectivity index (χ1v) is 6.65. The molecule has 5 heteroatoms. The zero-order chi connectivity index (χ0) is 15.4. The summed E-state index contributed by atoms with van der Waals surface area (Å²) in [5, 5.41) is 2.73. The summed E-state index contributed by atoms with van der Waals surface area (Å²) >= 11 is 0. The van der Waals surface area contributed by atoms with Crippen LogP contribution in [-0.2, 0) is 0 Å². The van der Waals surface area contributed by atoms with Gasteiger partial charge in [0.15, 0.2) is 12.0 Å². The molecule has 0 atom stereocenters. The average Bonchev–Trinajstić information content (AvgIpc) is 3.05. The molecule has 0 saturated carbocycles. The zero-order valence-corrected chi connectivity index (χ0v) is 11.5. The van der Waals surface area contributed by atoms with Crippen LogP contribution in [0.25, 0.3) is 11.3 Å². The number of rotatable bonds is 4. The molecule has 1 amide bonds. The lowest BCUT2D eigenvalue weighted by Crippen LogP contribution is -2.13. The van der Waals surface area contributed by atoms with Gasteiger partial charge >= 0.3 is 0 Å². The van der Waals surface area contributed by atoms with Gasteiger partial charge in [0.2, 0.25) is 0 Å². The van der Waals surface area contributed by atoms with Gasteiger partial charge in [-0.05, 0) is 30.3 Å². The van der Waals surface area contributed by atoms with Crippen LogP contribution < -0.4 is 5.32 Å². The maximum Gasteiger partial charge on any atom is 0.257 e. The molecule has 0 bridgehead atoms. The first-order valence-electron chi connectivity index (χ1n) is 6.65. The fraction of sp³-hybridized carbons (Fsp3) is 0. The van der Waals surface area contributed by atoms with Crippen LogP contribution in [0.15, 0.2) is 65.2 Å². The van der Waals surface area contributed by atoms with Gasteiger partial charge in [-0.25, -0.2) is 4.98 Å². The van der Waals surface area contributed by atoms with E-state index in [1.807, 2.05) is 0 Å². The molecule has 0 aliphatic rings. The summed E-state index contributed by atoms with van der Waals surface area (Å²) in [6.45, 7) is 0. The molecule has 0 fully saturated rings. The maximum atomic E-state index is 12.4. The van der Waals surface area contributed by atoms with Crippen LogP contribution in [0.1, 0.15) is 20.9 Å². The monoisotopic (exact) mass is 292 g/mol. The third-order valence-electron chi connectivity index (χ3n) is 3.09. The van der Waals surface area contributed by atoms with Crippen LogP contribution in [-0.4, -0.2) is 17.2 Å². The second kappa shape index (κ2) is 6.05. The standard InChI is InChI=1S/C17H12N2O3/c20-11-12-8-9-15(22-12)13-5-1-2-6-14(13)17(21)19-16-7-3-4-10-18-16/h1-11H,(H,18,19,21). The molecule has 0 radical (unpaired) electrons. The highest BCUT2D eigenvalue weighted by Crippen LogP contribution is 2.26. The van der Waals surface area contributed by atoms with Gasteiger partial charge in [0, 0.05) is 11.8 Å². The number of furan rings is 1. The number of carbonyl (C=O) groups is 2. The molecule has 22 heavy (non-hydrogen) atoms. The van der Waals surface area contributed by atoms with Gasteiger partial charge in [0.25, 0.3) is 5.91 Å². The van der Waals surface area contributed by atoms with Crippen molar-refractivity contribution in [2.45, 2.75) is 0 Å². The third-order valence-corrected chi connectivity index (χ3v) is 3.09. The topological polar surface area (TPSA) is 72.2 Å². The Morgan fingerprint density at radius 3 is 2.59 bits per heavy atom. The molecule has 1 N–H and O–H groups in total. The van der Waals surface area contributed by atoms with Crippen LogP contribution >= 0.6 is 0 Å². The van der Waals surface area contributed by atoms with Crippen LogP contribution in [0.4, 0.5) is 5.82 Å². The number of carbonyl (C=O) groups excluding carboxylic acids is 2. The molecule has 2 heterocycles. The second-order valence-electron chi connectivity index (χ2n) is 4.53. The van der Waals surface area contributed by atoms with Crippen LogP contribution in [0.3, 0.4) is 0 Å². The summed E-state index contributed by atoms with van der Waals surface area (Å²) in [5.74, 6) is 0.859. The van der Waals surface area contributed by atoms with Crippen molar-refractivity contribution in [3.63, 3.8) is 0 Å². The van der Waals surface area contributed by atoms with Crippen molar-refractivity contribution in [2.24, 2.45) is 0 Å². The lowest BCUT2D eigenvalue weighted by Gasteiger charge is -2.08. The Morgan fingerprint density at radius 2 is 1.86 bits per heavy atom. The largest absolute Gasteiger partial charge is 0.453 e. The minimum atomic E-state index is -0.293. The number of nitrogens with one attached hydrogen (secondary N) is 1. The molecular formula is C17H12N2O3. The molecule has 3 rings (SSSR count). The quantitative estimate of drug-likeness (QED) is 0.748. The van der Waals surface area contributed by atoms with E-state index in [0.717, 1.165) is 0 Å². The fourth-order valence-corrected chi connectivity index (χ4v) is 2.08. The molecule has 108 valence electrons. The number of benzene rings is 1. The maximum absolute atomic E-state index is 12.4. The van der Waals surface area contributed by atoms with Crippen LogP contribution in [0.5, 0.6) is 0 Å². The van der Waals surface area contributed by atoms with Crippen molar-refractivity contribution >= 4 is 18.0 Å². The highest BCUT2D eigenvalue weighted by Gasteiger charge is 2.15. The summed E-state index contributed by atoms with van der Waals surface area (Å²) in [4.78, 5) is 27.2. The summed E-state index contributed by atoms with van der Waals surface area (Å²) < 4.78 is 5.40. The van der Waals surface area contributed by atoms with Gasteiger partial charge in [-0.2, -0.15) is 0 Å². The third kappa shape index (κ3) is 2.78. The van der Waals surface area contributed by atoms with Gasteiger partial charge in [0.1, 0.15) is 11.6 Å². The number of hydrogen-bond donors (Lipinski definition) is 1. The van der Waals surface area contributed by atoms with Crippen molar-refractivity contribution in [1.82, 2.24) is 4.98 Å². The molecular weight excluding hydrogens is 280 g/mol. The van der Waals surface area contributed by atoms with Crippen LogP contribution in [0.2, 0.25) is 0 Å². The Bertz CT molecular complexity index is 810. The van der Waals surface area contributed by atoms with E-state index in [0.29, 0.717) is 29.0 Å². The van der Waals surface area contributed by atoms with E-state index in [4.69, 9.17) is 4.42 Å². The van der Waals surface area contributed by atoms with E-state index in [1.165, 1.54) is 0 Å². The number of hydrogen-bond acceptors (Lipinski definition) is 4. The van der Waals surface area contributed by atoms with E-state index in [1.54, 1.807) is 60.8 Å². The minimum Gasteiger partial charge on any atom is -0.453 e. The number of amides is 1. The summed E-state index contributed by atoms with van der Waals surface area (Å²) in [7, 11) is 0. The molecule has 1 aromatic carbocycles. The van der Waals surface area contributed by atoms with E-state index in [9.17, 15) is 9.59 Å². The van der Waals surface area contributed by atoms with Gasteiger partial charge in [-0.3, -0.25) is 9.59 Å². The van der Waals surface area contributed by atoms with Crippen molar-refractivity contribution in [3.05, 3.63) is 72.1 Å². The Kier molecular flexibility index (Phi) is 3.78. The van der Waals surface area contributed by atoms with Crippen LogP contribution in [0, 0.1) is 0 Å². The number of aldehydes is 1. The molecule has 0 saturated heterocycles. The van der Waals surface area contributed by atoms with E-state index < -0.39 is 0 Å². The average molecular weight is 292 g/mol. The molecule has 3 aromatic rings. The van der Waals surface area contributed by atoms with Gasteiger partial charge < -0.3 is 9.73 Å². The van der Waals surface area contributed by atoms with Crippen molar-refractivity contribution in [3.8, 4) is 11.3 Å². The Balaban J connectivity index is 1.94. The van der Waals surface area contributed by atoms with Crippen molar-refractivity contribution in [2.75, 3.05) is 5.32 Å². The smallest absolute Gasteiger partial charge is 0.257 e. The first-order chi connectivity index (χ1) is 10.8. The highest BCUT2D eigenvalue weighted by molar-refractivity contribution is 6.08. The van der Waals surface area contributed by atoms with Gasteiger partial charge in [0.05, 0.1) is 5.56 Å². The Morgan fingerprint density at radius 1 is 1.05 bits per heavy atom. The summed E-state index contributed by atoms with van der Waals surface area (Å²) in [6, 6.07) is 15.5. The number of nitrogens with zero attached hydrogens (tertiary/aromatic N) is 1. The van der Waals surface area contributed by atoms with Gasteiger partial charge in [-0.1, -0.05) is 24.3 Å². The molecule has 2 aromatic heterocycles. The number of pyridine rings is 1. The molecule has 0 aliphatic carbocycles. The van der Waals surface area contributed by atoms with E-state index in [2.05, 4.69) is 10.3 Å². The van der Waals surface area contributed by atoms with E-state index >= 15 is 0 Å². The Hall–Kier alpha value is -3.21. The first kappa shape index (κ1) is 13.8. The van der Waals surface area contributed by atoms with Crippen molar-refractivity contribution < 1.29 is 14.0 Å². The van der Waals surface area contributed by atoms with Crippen molar-refractivity contribution in [1.29, 1.82) is 0 Å². The molecule has 0 aliphatic heterocycles. The second-order valence-corrected chi connectivity index (χ2v) is 4.53. The zero-order valence-electron chi connectivity index (χ0n) is 11.5.